The minimum atomic E-state index is -0.0321. The normalized spacial score (nSPS) is 19.1. The zero-order valence-electron chi connectivity index (χ0n) is 13.0. The third-order valence-corrected chi connectivity index (χ3v) is 4.23. The monoisotopic (exact) mass is 298 g/mol. The molecule has 0 spiro atoms. The number of rotatable bonds is 4. The highest BCUT2D eigenvalue weighted by atomic mass is 16.2. The van der Waals surface area contributed by atoms with Crippen LogP contribution in [-0.4, -0.2) is 28.0 Å². The largest absolute Gasteiger partial charge is 0.348 e. The predicted octanol–water partition coefficient (Wildman–Crippen LogP) is 2.11. The third kappa shape index (κ3) is 3.04. The number of hydrogen-bond donors (Lipinski definition) is 2. The molecule has 1 aromatic carbocycles. The first-order chi connectivity index (χ1) is 10.6. The standard InChI is InChI=1S/C17H22N4O/c1-12(20-17(22)16-4-3-9-19-16)14-5-7-15(8-6-14)21-11-10-18-13(21)2/h5-8,10-12,16,19H,3-4,9H2,1-2H3,(H,20,22). The predicted molar refractivity (Wildman–Crippen MR) is 85.9 cm³/mol. The molecule has 3 rings (SSSR count). The second-order valence-corrected chi connectivity index (χ2v) is 5.82. The highest BCUT2D eigenvalue weighted by Gasteiger charge is 2.23. The van der Waals surface area contributed by atoms with E-state index >= 15 is 0 Å². The molecule has 2 heterocycles. The van der Waals surface area contributed by atoms with Crippen LogP contribution in [0.15, 0.2) is 36.7 Å². The highest BCUT2D eigenvalue weighted by molar-refractivity contribution is 5.82. The van der Waals surface area contributed by atoms with Gasteiger partial charge in [-0.3, -0.25) is 4.79 Å². The van der Waals surface area contributed by atoms with E-state index in [-0.39, 0.29) is 18.0 Å². The summed E-state index contributed by atoms with van der Waals surface area (Å²) < 4.78 is 2.04. The lowest BCUT2D eigenvalue weighted by Gasteiger charge is -2.18. The number of carbonyl (C=O) groups excluding carboxylic acids is 1. The van der Waals surface area contributed by atoms with Gasteiger partial charge in [-0.25, -0.2) is 4.98 Å². The van der Waals surface area contributed by atoms with Gasteiger partial charge in [-0.05, 0) is 50.9 Å². The van der Waals surface area contributed by atoms with Crippen molar-refractivity contribution < 1.29 is 4.79 Å². The first-order valence-electron chi connectivity index (χ1n) is 7.79. The second-order valence-electron chi connectivity index (χ2n) is 5.82. The number of imidazole rings is 1. The number of nitrogens with zero attached hydrogens (tertiary/aromatic N) is 2. The summed E-state index contributed by atoms with van der Waals surface area (Å²) in [5, 5.41) is 6.31. The number of carbonyl (C=O) groups is 1. The van der Waals surface area contributed by atoms with E-state index in [0.29, 0.717) is 0 Å². The Bertz CT molecular complexity index is 641. The van der Waals surface area contributed by atoms with Crippen LogP contribution in [0, 0.1) is 6.92 Å². The molecule has 0 aliphatic carbocycles. The van der Waals surface area contributed by atoms with Gasteiger partial charge in [-0.1, -0.05) is 12.1 Å². The van der Waals surface area contributed by atoms with Crippen molar-refractivity contribution >= 4 is 5.91 Å². The minimum absolute atomic E-state index is 0.00725. The van der Waals surface area contributed by atoms with Crippen LogP contribution in [0.1, 0.15) is 37.2 Å². The molecule has 1 saturated heterocycles. The van der Waals surface area contributed by atoms with E-state index in [9.17, 15) is 4.79 Å². The Balaban J connectivity index is 1.67. The molecule has 0 bridgehead atoms. The van der Waals surface area contributed by atoms with Gasteiger partial charge in [0, 0.05) is 18.1 Å². The van der Waals surface area contributed by atoms with E-state index < -0.39 is 0 Å². The van der Waals surface area contributed by atoms with Crippen LogP contribution in [0.3, 0.4) is 0 Å². The molecule has 1 aromatic heterocycles. The lowest BCUT2D eigenvalue weighted by atomic mass is 10.1. The molecule has 22 heavy (non-hydrogen) atoms. The Kier molecular flexibility index (Phi) is 4.24. The van der Waals surface area contributed by atoms with Crippen molar-refractivity contribution in [3.8, 4) is 5.69 Å². The van der Waals surface area contributed by atoms with Crippen LogP contribution < -0.4 is 10.6 Å². The second kappa shape index (κ2) is 6.32. The maximum absolute atomic E-state index is 12.1. The van der Waals surface area contributed by atoms with E-state index in [1.165, 1.54) is 0 Å². The fraction of sp³-hybridized carbons (Fsp3) is 0.412. The van der Waals surface area contributed by atoms with Crippen LogP contribution in [0.25, 0.3) is 5.69 Å². The van der Waals surface area contributed by atoms with Crippen molar-refractivity contribution in [2.75, 3.05) is 6.54 Å². The van der Waals surface area contributed by atoms with Crippen LogP contribution in [0.5, 0.6) is 0 Å². The van der Waals surface area contributed by atoms with Gasteiger partial charge < -0.3 is 15.2 Å². The average Bonchev–Trinajstić information content (AvgIpc) is 3.18. The van der Waals surface area contributed by atoms with Crippen LogP contribution in [0.2, 0.25) is 0 Å². The third-order valence-electron chi connectivity index (χ3n) is 4.23. The van der Waals surface area contributed by atoms with Crippen molar-refractivity contribution in [3.05, 3.63) is 48.0 Å². The Morgan fingerprint density at radius 3 is 2.77 bits per heavy atom. The summed E-state index contributed by atoms with van der Waals surface area (Å²) in [5.41, 5.74) is 2.18. The Hall–Kier alpha value is -2.14. The van der Waals surface area contributed by atoms with Crippen molar-refractivity contribution in [2.24, 2.45) is 0 Å². The first-order valence-corrected chi connectivity index (χ1v) is 7.79. The molecule has 1 fully saturated rings. The van der Waals surface area contributed by atoms with E-state index in [0.717, 1.165) is 36.5 Å². The Morgan fingerprint density at radius 1 is 1.41 bits per heavy atom. The van der Waals surface area contributed by atoms with Gasteiger partial charge in [0.1, 0.15) is 5.82 Å². The van der Waals surface area contributed by atoms with Crippen molar-refractivity contribution in [1.82, 2.24) is 20.2 Å². The van der Waals surface area contributed by atoms with Gasteiger partial charge >= 0.3 is 0 Å². The number of amides is 1. The molecule has 2 aromatic rings. The van der Waals surface area contributed by atoms with Gasteiger partial charge in [-0.15, -0.1) is 0 Å². The van der Waals surface area contributed by atoms with E-state index in [1.54, 1.807) is 6.20 Å². The maximum Gasteiger partial charge on any atom is 0.237 e. The fourth-order valence-corrected chi connectivity index (χ4v) is 2.88. The van der Waals surface area contributed by atoms with Crippen molar-refractivity contribution in [3.63, 3.8) is 0 Å². The molecule has 1 aliphatic rings. The molecule has 5 heteroatoms. The van der Waals surface area contributed by atoms with Crippen molar-refractivity contribution in [1.29, 1.82) is 0 Å². The number of aryl methyl sites for hydroxylation is 1. The topological polar surface area (TPSA) is 59.0 Å². The van der Waals surface area contributed by atoms with Gasteiger partial charge in [-0.2, -0.15) is 0 Å². The summed E-state index contributed by atoms with van der Waals surface area (Å²) in [6, 6.07) is 8.20. The number of benzene rings is 1. The van der Waals surface area contributed by atoms with Gasteiger partial charge in [0.05, 0.1) is 12.1 Å². The van der Waals surface area contributed by atoms with E-state index in [4.69, 9.17) is 0 Å². The summed E-state index contributed by atoms with van der Waals surface area (Å²) in [6.45, 7) is 4.93. The number of hydrogen-bond acceptors (Lipinski definition) is 3. The lowest BCUT2D eigenvalue weighted by molar-refractivity contribution is -0.123. The Labute approximate surface area is 130 Å². The zero-order valence-corrected chi connectivity index (χ0v) is 13.0. The molecule has 2 unspecified atom stereocenters. The van der Waals surface area contributed by atoms with Gasteiger partial charge in [0.15, 0.2) is 0 Å². The van der Waals surface area contributed by atoms with E-state index in [1.807, 2.05) is 24.6 Å². The maximum atomic E-state index is 12.1. The summed E-state index contributed by atoms with van der Waals surface area (Å²) in [7, 11) is 0. The number of aromatic nitrogens is 2. The summed E-state index contributed by atoms with van der Waals surface area (Å²) in [5.74, 6) is 1.06. The molecule has 5 nitrogen and oxygen atoms in total. The van der Waals surface area contributed by atoms with Crippen LogP contribution >= 0.6 is 0 Å². The molecule has 0 radical (unpaired) electrons. The lowest BCUT2D eigenvalue weighted by Crippen LogP contribution is -2.41. The first kappa shape index (κ1) is 14.8. The SMILES string of the molecule is Cc1nccn1-c1ccc(C(C)NC(=O)C2CCCN2)cc1. The molecule has 2 N–H and O–H groups in total. The smallest absolute Gasteiger partial charge is 0.237 e. The van der Waals surface area contributed by atoms with Crippen LogP contribution in [0.4, 0.5) is 0 Å². The Morgan fingerprint density at radius 2 is 2.18 bits per heavy atom. The van der Waals surface area contributed by atoms with Crippen molar-refractivity contribution in [2.45, 2.75) is 38.8 Å². The average molecular weight is 298 g/mol. The van der Waals surface area contributed by atoms with E-state index in [2.05, 4.69) is 39.9 Å². The molecular weight excluding hydrogens is 276 g/mol. The molecule has 1 amide bonds. The highest BCUT2D eigenvalue weighted by Crippen LogP contribution is 2.17. The zero-order chi connectivity index (χ0) is 15.5. The molecule has 1 aliphatic heterocycles. The minimum Gasteiger partial charge on any atom is -0.348 e. The fourth-order valence-electron chi connectivity index (χ4n) is 2.88. The van der Waals surface area contributed by atoms with Gasteiger partial charge in [0.25, 0.3) is 0 Å². The molecule has 0 saturated carbocycles. The molecular formula is C17H22N4O. The summed E-state index contributed by atoms with van der Waals surface area (Å²) in [6.07, 6.45) is 5.74. The van der Waals surface area contributed by atoms with Crippen LogP contribution in [-0.2, 0) is 4.79 Å². The summed E-state index contributed by atoms with van der Waals surface area (Å²) in [4.78, 5) is 16.4. The molecule has 116 valence electrons. The summed E-state index contributed by atoms with van der Waals surface area (Å²) >= 11 is 0. The van der Waals surface area contributed by atoms with Gasteiger partial charge in [0.2, 0.25) is 5.91 Å². The number of nitrogens with one attached hydrogen (secondary N) is 2. The molecule has 2 atom stereocenters. The quantitative estimate of drug-likeness (QED) is 0.909.